The molecule has 112 valence electrons. The second kappa shape index (κ2) is 8.72. The molecule has 2 amide bonds. The van der Waals surface area contributed by atoms with Crippen molar-refractivity contribution >= 4 is 17.5 Å². The van der Waals surface area contributed by atoms with Crippen molar-refractivity contribution in [1.82, 2.24) is 4.90 Å². The van der Waals surface area contributed by atoms with Crippen LogP contribution >= 0.6 is 0 Å². The third kappa shape index (κ3) is 6.06. The number of carbonyl (C=O) groups is 2. The monoisotopic (exact) mass is 289 g/mol. The van der Waals surface area contributed by atoms with Gasteiger partial charge in [-0.3, -0.25) is 9.59 Å². The van der Waals surface area contributed by atoms with Gasteiger partial charge in [-0.05, 0) is 24.6 Å². The number of methoxy groups -OCH3 is 1. The third-order valence-electron chi connectivity index (χ3n) is 2.83. The average molecular weight is 289 g/mol. The van der Waals surface area contributed by atoms with Crippen molar-refractivity contribution < 1.29 is 14.3 Å². The van der Waals surface area contributed by atoms with Gasteiger partial charge >= 0.3 is 0 Å². The number of nitrogens with zero attached hydrogens (tertiary/aromatic N) is 2. The van der Waals surface area contributed by atoms with Crippen LogP contribution < -0.4 is 5.32 Å². The molecule has 0 atom stereocenters. The number of carbonyl (C=O) groups excluding carboxylic acids is 2. The van der Waals surface area contributed by atoms with E-state index in [2.05, 4.69) is 5.32 Å². The van der Waals surface area contributed by atoms with Gasteiger partial charge in [0.15, 0.2) is 0 Å². The molecule has 0 aliphatic carbocycles. The van der Waals surface area contributed by atoms with E-state index in [1.54, 1.807) is 31.4 Å². The maximum atomic E-state index is 11.9. The lowest BCUT2D eigenvalue weighted by molar-refractivity contribution is -0.132. The van der Waals surface area contributed by atoms with Crippen LogP contribution in [0.2, 0.25) is 0 Å². The number of hydrogen-bond donors (Lipinski definition) is 1. The molecule has 1 aromatic carbocycles. The lowest BCUT2D eigenvalue weighted by Crippen LogP contribution is -2.37. The summed E-state index contributed by atoms with van der Waals surface area (Å²) in [6, 6.07) is 8.63. The number of nitriles is 1. The van der Waals surface area contributed by atoms with E-state index in [1.807, 2.05) is 6.07 Å². The molecule has 0 unspecified atom stereocenters. The molecule has 1 N–H and O–H groups in total. The predicted octanol–water partition coefficient (Wildman–Crippen LogP) is 1.38. The summed E-state index contributed by atoms with van der Waals surface area (Å²) in [6.45, 7) is 2.41. The van der Waals surface area contributed by atoms with Crippen LogP contribution in [0, 0.1) is 11.3 Å². The van der Waals surface area contributed by atoms with E-state index in [-0.39, 0.29) is 18.4 Å². The van der Waals surface area contributed by atoms with Crippen LogP contribution in [-0.2, 0) is 14.3 Å². The second-order valence-electron chi connectivity index (χ2n) is 4.53. The van der Waals surface area contributed by atoms with E-state index in [0.717, 1.165) is 0 Å². The van der Waals surface area contributed by atoms with Crippen molar-refractivity contribution in [3.05, 3.63) is 29.8 Å². The molecule has 0 bridgehead atoms. The number of ether oxygens (including phenoxy) is 1. The first-order valence-electron chi connectivity index (χ1n) is 6.61. The number of nitrogens with one attached hydrogen (secondary N) is 1. The average Bonchev–Trinajstić information content (AvgIpc) is 2.46. The van der Waals surface area contributed by atoms with Crippen LogP contribution in [0.15, 0.2) is 24.3 Å². The van der Waals surface area contributed by atoms with Gasteiger partial charge in [-0.2, -0.15) is 5.26 Å². The van der Waals surface area contributed by atoms with Crippen molar-refractivity contribution in [1.29, 1.82) is 5.26 Å². The van der Waals surface area contributed by atoms with E-state index < -0.39 is 0 Å². The molecule has 0 aliphatic rings. The highest BCUT2D eigenvalue weighted by molar-refractivity contribution is 5.94. The SMILES string of the molecule is COCCCN(CC(=O)Nc1cccc(C#N)c1)C(C)=O. The molecule has 6 nitrogen and oxygen atoms in total. The quantitative estimate of drug-likeness (QED) is 0.769. The van der Waals surface area contributed by atoms with E-state index in [4.69, 9.17) is 10.00 Å². The standard InChI is InChI=1S/C15H19N3O3/c1-12(19)18(7-4-8-21-2)11-15(20)17-14-6-3-5-13(9-14)10-16/h3,5-6,9H,4,7-8,11H2,1-2H3,(H,17,20). The molecule has 1 aromatic rings. The fourth-order valence-electron chi connectivity index (χ4n) is 1.79. The molecule has 1 rings (SSSR count). The number of anilines is 1. The van der Waals surface area contributed by atoms with Crippen LogP contribution in [0.1, 0.15) is 18.9 Å². The molecule has 0 saturated carbocycles. The predicted molar refractivity (Wildman–Crippen MR) is 78.5 cm³/mol. The highest BCUT2D eigenvalue weighted by atomic mass is 16.5. The van der Waals surface area contributed by atoms with Crippen LogP contribution in [0.5, 0.6) is 0 Å². The van der Waals surface area contributed by atoms with E-state index in [0.29, 0.717) is 30.8 Å². The van der Waals surface area contributed by atoms with E-state index in [1.165, 1.54) is 11.8 Å². The summed E-state index contributed by atoms with van der Waals surface area (Å²) in [5, 5.41) is 11.5. The maximum absolute atomic E-state index is 11.9. The van der Waals surface area contributed by atoms with Crippen molar-refractivity contribution in [2.24, 2.45) is 0 Å². The zero-order valence-electron chi connectivity index (χ0n) is 12.3. The molecular weight excluding hydrogens is 270 g/mol. The Morgan fingerprint density at radius 2 is 2.19 bits per heavy atom. The summed E-state index contributed by atoms with van der Waals surface area (Å²) < 4.78 is 4.93. The van der Waals surface area contributed by atoms with Crippen LogP contribution in [0.4, 0.5) is 5.69 Å². The minimum atomic E-state index is -0.294. The molecule has 0 heterocycles. The largest absolute Gasteiger partial charge is 0.385 e. The Labute approximate surface area is 124 Å². The van der Waals surface area contributed by atoms with Gasteiger partial charge in [0.05, 0.1) is 18.2 Å². The first-order chi connectivity index (χ1) is 10.1. The van der Waals surface area contributed by atoms with E-state index in [9.17, 15) is 9.59 Å². The lowest BCUT2D eigenvalue weighted by Gasteiger charge is -2.20. The summed E-state index contributed by atoms with van der Waals surface area (Å²) >= 11 is 0. The number of benzene rings is 1. The number of hydrogen-bond acceptors (Lipinski definition) is 4. The molecule has 0 saturated heterocycles. The molecular formula is C15H19N3O3. The van der Waals surface area contributed by atoms with Crippen LogP contribution in [-0.4, -0.2) is 43.5 Å². The molecule has 6 heteroatoms. The van der Waals surface area contributed by atoms with Crippen molar-refractivity contribution in [2.75, 3.05) is 32.1 Å². The van der Waals surface area contributed by atoms with Crippen molar-refractivity contribution in [3.63, 3.8) is 0 Å². The Bertz CT molecular complexity index is 537. The number of rotatable bonds is 7. The minimum Gasteiger partial charge on any atom is -0.385 e. The summed E-state index contributed by atoms with van der Waals surface area (Å²) in [4.78, 5) is 24.9. The third-order valence-corrected chi connectivity index (χ3v) is 2.83. The fraction of sp³-hybridized carbons (Fsp3) is 0.400. The van der Waals surface area contributed by atoms with Gasteiger partial charge in [0.2, 0.25) is 11.8 Å². The number of amides is 2. The van der Waals surface area contributed by atoms with Gasteiger partial charge in [0.25, 0.3) is 0 Å². The first-order valence-corrected chi connectivity index (χ1v) is 6.61. The Hall–Kier alpha value is -2.39. The molecule has 21 heavy (non-hydrogen) atoms. The molecule has 0 fully saturated rings. The highest BCUT2D eigenvalue weighted by Gasteiger charge is 2.13. The van der Waals surface area contributed by atoms with Gasteiger partial charge in [0, 0.05) is 32.9 Å². The van der Waals surface area contributed by atoms with Gasteiger partial charge in [0.1, 0.15) is 0 Å². The Balaban J connectivity index is 2.57. The Morgan fingerprint density at radius 3 is 2.81 bits per heavy atom. The zero-order valence-corrected chi connectivity index (χ0v) is 12.3. The Kier molecular flexibility index (Phi) is 6.92. The van der Waals surface area contributed by atoms with Gasteiger partial charge in [-0.25, -0.2) is 0 Å². The van der Waals surface area contributed by atoms with Crippen molar-refractivity contribution in [2.45, 2.75) is 13.3 Å². The lowest BCUT2D eigenvalue weighted by atomic mass is 10.2. The van der Waals surface area contributed by atoms with Gasteiger partial charge < -0.3 is 15.0 Å². The van der Waals surface area contributed by atoms with Gasteiger partial charge in [-0.15, -0.1) is 0 Å². The van der Waals surface area contributed by atoms with Crippen molar-refractivity contribution in [3.8, 4) is 6.07 Å². The highest BCUT2D eigenvalue weighted by Crippen LogP contribution is 2.09. The van der Waals surface area contributed by atoms with Gasteiger partial charge in [-0.1, -0.05) is 6.07 Å². The summed E-state index contributed by atoms with van der Waals surface area (Å²) in [7, 11) is 1.59. The first kappa shape index (κ1) is 16.7. The fourth-order valence-corrected chi connectivity index (χ4v) is 1.79. The van der Waals surface area contributed by atoms with Crippen LogP contribution in [0.3, 0.4) is 0 Å². The van der Waals surface area contributed by atoms with E-state index >= 15 is 0 Å². The Morgan fingerprint density at radius 1 is 1.43 bits per heavy atom. The molecule has 0 spiro atoms. The minimum absolute atomic E-state index is 0.0180. The zero-order chi connectivity index (χ0) is 15.7. The molecule has 0 aliphatic heterocycles. The maximum Gasteiger partial charge on any atom is 0.243 e. The normalized spacial score (nSPS) is 9.76. The van der Waals surface area contributed by atoms with Crippen LogP contribution in [0.25, 0.3) is 0 Å². The molecule has 0 aromatic heterocycles. The second-order valence-corrected chi connectivity index (χ2v) is 4.53. The molecule has 0 radical (unpaired) electrons. The summed E-state index contributed by atoms with van der Waals surface area (Å²) in [5.74, 6) is -0.454. The summed E-state index contributed by atoms with van der Waals surface area (Å²) in [6.07, 6.45) is 0.674. The topological polar surface area (TPSA) is 82.4 Å². The summed E-state index contributed by atoms with van der Waals surface area (Å²) in [5.41, 5.74) is 1.01. The smallest absolute Gasteiger partial charge is 0.243 e.